The number of thioether (sulfide) groups is 1. The molecule has 5 heteroatoms. The Balaban J connectivity index is 1.85. The summed E-state index contributed by atoms with van der Waals surface area (Å²) in [5.74, 6) is 0.982. The van der Waals surface area contributed by atoms with Crippen LogP contribution in [0.5, 0.6) is 0 Å². The molecular formula is C30H36N2O2S. The molecule has 1 N–H and O–H groups in total. The average Bonchev–Trinajstić information content (AvgIpc) is 2.87. The van der Waals surface area contributed by atoms with Gasteiger partial charge in [-0.3, -0.25) is 9.59 Å². The van der Waals surface area contributed by atoms with Crippen molar-refractivity contribution in [1.29, 1.82) is 0 Å². The van der Waals surface area contributed by atoms with Gasteiger partial charge in [0.1, 0.15) is 6.04 Å². The summed E-state index contributed by atoms with van der Waals surface area (Å²) in [6.07, 6.45) is 1.33. The number of nitrogens with one attached hydrogen (secondary N) is 1. The monoisotopic (exact) mass is 488 g/mol. The van der Waals surface area contributed by atoms with E-state index in [0.717, 1.165) is 28.9 Å². The average molecular weight is 489 g/mol. The summed E-state index contributed by atoms with van der Waals surface area (Å²) < 4.78 is 0. The van der Waals surface area contributed by atoms with Crippen LogP contribution >= 0.6 is 11.8 Å². The van der Waals surface area contributed by atoms with E-state index in [1.807, 2.05) is 80.6 Å². The van der Waals surface area contributed by atoms with Crippen molar-refractivity contribution < 1.29 is 9.59 Å². The predicted octanol–water partition coefficient (Wildman–Crippen LogP) is 5.70. The molecule has 0 unspecified atom stereocenters. The second kappa shape index (κ2) is 13.7. The molecule has 0 aliphatic rings. The van der Waals surface area contributed by atoms with Crippen LogP contribution in [0.3, 0.4) is 0 Å². The van der Waals surface area contributed by atoms with Crippen molar-refractivity contribution in [2.45, 2.75) is 52.0 Å². The summed E-state index contributed by atoms with van der Waals surface area (Å²) in [7, 11) is 0. The molecule has 0 aromatic heterocycles. The molecule has 0 saturated heterocycles. The molecule has 0 heterocycles. The molecule has 0 aliphatic carbocycles. The van der Waals surface area contributed by atoms with E-state index in [2.05, 4.69) is 24.4 Å². The minimum Gasteiger partial charge on any atom is -0.354 e. The van der Waals surface area contributed by atoms with Crippen molar-refractivity contribution in [1.82, 2.24) is 10.2 Å². The number of aryl methyl sites for hydroxylation is 2. The molecule has 0 bridgehead atoms. The fraction of sp³-hybridized carbons (Fsp3) is 0.333. The molecule has 0 spiro atoms. The van der Waals surface area contributed by atoms with Gasteiger partial charge in [-0.2, -0.15) is 0 Å². The van der Waals surface area contributed by atoms with Crippen LogP contribution in [0.1, 0.15) is 41.2 Å². The highest BCUT2D eigenvalue weighted by Crippen LogP contribution is 2.21. The lowest BCUT2D eigenvalue weighted by Gasteiger charge is -2.32. The zero-order chi connectivity index (χ0) is 25.0. The number of benzene rings is 3. The zero-order valence-corrected chi connectivity index (χ0v) is 21.8. The number of carbonyl (C=O) groups is 2. The van der Waals surface area contributed by atoms with Crippen LogP contribution in [-0.2, 0) is 28.3 Å². The van der Waals surface area contributed by atoms with Crippen LogP contribution in [0.15, 0.2) is 78.9 Å². The Labute approximate surface area is 214 Å². The number of nitrogens with zero attached hydrogens (tertiary/aromatic N) is 1. The van der Waals surface area contributed by atoms with E-state index in [9.17, 15) is 9.59 Å². The molecule has 1 atom stereocenters. The van der Waals surface area contributed by atoms with E-state index >= 15 is 0 Å². The normalized spacial score (nSPS) is 11.6. The summed E-state index contributed by atoms with van der Waals surface area (Å²) in [6.45, 7) is 7.18. The molecule has 0 radical (unpaired) electrons. The zero-order valence-electron chi connectivity index (χ0n) is 21.0. The first-order valence-corrected chi connectivity index (χ1v) is 13.4. The first-order valence-electron chi connectivity index (χ1n) is 12.3. The fourth-order valence-electron chi connectivity index (χ4n) is 3.99. The molecule has 0 saturated carbocycles. The number of amides is 2. The van der Waals surface area contributed by atoms with Crippen molar-refractivity contribution in [3.05, 3.63) is 107 Å². The molecule has 4 nitrogen and oxygen atoms in total. The van der Waals surface area contributed by atoms with Crippen LogP contribution < -0.4 is 5.32 Å². The third-order valence-corrected chi connectivity index (χ3v) is 7.13. The Morgan fingerprint density at radius 2 is 1.46 bits per heavy atom. The summed E-state index contributed by atoms with van der Waals surface area (Å²) >= 11 is 1.60. The van der Waals surface area contributed by atoms with E-state index in [0.29, 0.717) is 25.3 Å². The SMILES string of the molecule is CCCNC(=O)[C@H](Cc1ccccc1)N(Cc1ccccc1C)C(=O)CSCc1ccccc1C. The van der Waals surface area contributed by atoms with Crippen molar-refractivity contribution in [3.63, 3.8) is 0 Å². The Kier molecular flexibility index (Phi) is 10.4. The van der Waals surface area contributed by atoms with Crippen molar-refractivity contribution in [2.75, 3.05) is 12.3 Å². The molecule has 3 aromatic carbocycles. The largest absolute Gasteiger partial charge is 0.354 e. The van der Waals surface area contributed by atoms with Gasteiger partial charge in [0, 0.05) is 25.3 Å². The first kappa shape index (κ1) is 26.6. The maximum Gasteiger partial charge on any atom is 0.243 e. The quantitative estimate of drug-likeness (QED) is 0.356. The maximum atomic E-state index is 13.7. The van der Waals surface area contributed by atoms with E-state index in [1.165, 1.54) is 11.1 Å². The lowest BCUT2D eigenvalue weighted by Crippen LogP contribution is -2.51. The Hall–Kier alpha value is -3.05. The minimum absolute atomic E-state index is 0.0144. The van der Waals surface area contributed by atoms with Gasteiger partial charge >= 0.3 is 0 Å². The van der Waals surface area contributed by atoms with Gasteiger partial charge < -0.3 is 10.2 Å². The van der Waals surface area contributed by atoms with Crippen LogP contribution in [-0.4, -0.2) is 35.1 Å². The molecule has 35 heavy (non-hydrogen) atoms. The molecule has 0 aliphatic heterocycles. The van der Waals surface area contributed by atoms with E-state index in [4.69, 9.17) is 0 Å². The molecule has 3 rings (SSSR count). The Bertz CT molecular complexity index is 1100. The second-order valence-corrected chi connectivity index (χ2v) is 9.85. The third-order valence-electron chi connectivity index (χ3n) is 6.17. The lowest BCUT2D eigenvalue weighted by molar-refractivity contribution is -0.139. The van der Waals surface area contributed by atoms with Crippen molar-refractivity contribution in [3.8, 4) is 0 Å². The maximum absolute atomic E-state index is 13.7. The number of carbonyl (C=O) groups excluding carboxylic acids is 2. The van der Waals surface area contributed by atoms with Gasteiger partial charge in [-0.1, -0.05) is 85.8 Å². The third kappa shape index (κ3) is 8.00. The van der Waals surface area contributed by atoms with Crippen LogP contribution in [0, 0.1) is 13.8 Å². The standard InChI is InChI=1S/C30H36N2O2S/c1-4-18-31-30(34)28(19-25-14-6-5-7-15-25)32(20-26-16-10-8-12-23(26)2)29(33)22-35-21-27-17-11-9-13-24(27)3/h5-17,28H,4,18-22H2,1-3H3,(H,31,34)/t28-/m0/s1. The van der Waals surface area contributed by atoms with Crippen LogP contribution in [0.2, 0.25) is 0 Å². The highest BCUT2D eigenvalue weighted by Gasteiger charge is 2.30. The molecule has 0 fully saturated rings. The Morgan fingerprint density at radius 3 is 2.09 bits per heavy atom. The van der Waals surface area contributed by atoms with Crippen molar-refractivity contribution >= 4 is 23.6 Å². The highest BCUT2D eigenvalue weighted by molar-refractivity contribution is 7.99. The van der Waals surface area contributed by atoms with Gasteiger partial charge in [-0.25, -0.2) is 0 Å². The van der Waals surface area contributed by atoms with Gasteiger partial charge in [0.05, 0.1) is 5.75 Å². The van der Waals surface area contributed by atoms with Gasteiger partial charge in [0.2, 0.25) is 11.8 Å². The molecular weight excluding hydrogens is 452 g/mol. The van der Waals surface area contributed by atoms with Gasteiger partial charge in [-0.05, 0) is 48.1 Å². The van der Waals surface area contributed by atoms with Crippen LogP contribution in [0.25, 0.3) is 0 Å². The van der Waals surface area contributed by atoms with Gasteiger partial charge in [0.25, 0.3) is 0 Å². The molecule has 184 valence electrons. The topological polar surface area (TPSA) is 49.4 Å². The fourth-order valence-corrected chi connectivity index (χ4v) is 4.98. The summed E-state index contributed by atoms with van der Waals surface area (Å²) in [5, 5.41) is 3.04. The van der Waals surface area contributed by atoms with Gasteiger partial charge in [0.15, 0.2) is 0 Å². The van der Waals surface area contributed by atoms with Gasteiger partial charge in [-0.15, -0.1) is 11.8 Å². The summed E-state index contributed by atoms with van der Waals surface area (Å²) in [6, 6.07) is 25.7. The number of hydrogen-bond acceptors (Lipinski definition) is 3. The minimum atomic E-state index is -0.574. The predicted molar refractivity (Wildman–Crippen MR) is 146 cm³/mol. The van der Waals surface area contributed by atoms with E-state index in [-0.39, 0.29) is 11.8 Å². The number of rotatable bonds is 12. The van der Waals surface area contributed by atoms with E-state index in [1.54, 1.807) is 16.7 Å². The lowest BCUT2D eigenvalue weighted by atomic mass is 10.0. The van der Waals surface area contributed by atoms with Crippen LogP contribution in [0.4, 0.5) is 0 Å². The summed E-state index contributed by atoms with van der Waals surface area (Å²) in [5.41, 5.74) is 5.68. The molecule has 3 aromatic rings. The number of hydrogen-bond donors (Lipinski definition) is 1. The second-order valence-electron chi connectivity index (χ2n) is 8.86. The smallest absolute Gasteiger partial charge is 0.243 e. The van der Waals surface area contributed by atoms with Crippen molar-refractivity contribution in [2.24, 2.45) is 0 Å². The Morgan fingerprint density at radius 1 is 0.857 bits per heavy atom. The molecule has 2 amide bonds. The highest BCUT2D eigenvalue weighted by atomic mass is 32.2. The summed E-state index contributed by atoms with van der Waals surface area (Å²) in [4.78, 5) is 28.8. The van der Waals surface area contributed by atoms with E-state index < -0.39 is 6.04 Å². The first-order chi connectivity index (χ1) is 17.0.